The summed E-state index contributed by atoms with van der Waals surface area (Å²) in [7, 11) is 1.36. The molecule has 28 heavy (non-hydrogen) atoms. The first-order valence-corrected chi connectivity index (χ1v) is 10.4. The summed E-state index contributed by atoms with van der Waals surface area (Å²) in [6.45, 7) is 6.20. The van der Waals surface area contributed by atoms with Crippen molar-refractivity contribution in [1.82, 2.24) is 0 Å². The fourth-order valence-corrected chi connectivity index (χ4v) is 4.82. The number of ether oxygens (including phenoxy) is 1. The molecule has 0 fully saturated rings. The standard InChI is InChI=1S/C21H23ClN2O3S/c1-13(2)24-11-10-15-17(12-24)28-20(19(15)21(26)27-3)23-18(25)9-8-14-6-4-5-7-16(14)22/h4-9,13H,10-12H2,1-3H3,(H,23,25)/p+1. The average molecular weight is 420 g/mol. The highest BCUT2D eigenvalue weighted by Crippen LogP contribution is 2.35. The summed E-state index contributed by atoms with van der Waals surface area (Å²) in [6, 6.07) is 7.80. The molecule has 1 aromatic carbocycles. The molecule has 0 saturated carbocycles. The Balaban J connectivity index is 1.84. The molecule has 1 unspecified atom stereocenters. The van der Waals surface area contributed by atoms with Crippen LogP contribution >= 0.6 is 22.9 Å². The number of anilines is 1. The van der Waals surface area contributed by atoms with Crippen LogP contribution in [0.5, 0.6) is 0 Å². The maximum Gasteiger partial charge on any atom is 0.341 e. The van der Waals surface area contributed by atoms with Gasteiger partial charge in [-0.2, -0.15) is 0 Å². The number of halogens is 1. The third-order valence-electron chi connectivity index (χ3n) is 4.94. The van der Waals surface area contributed by atoms with Crippen LogP contribution in [0.2, 0.25) is 5.02 Å². The molecule has 3 rings (SSSR count). The topological polar surface area (TPSA) is 59.8 Å². The Kier molecular flexibility index (Phi) is 6.54. The molecule has 0 aliphatic carbocycles. The zero-order valence-corrected chi connectivity index (χ0v) is 17.7. The average Bonchev–Trinajstić information content (AvgIpc) is 3.03. The number of carbonyl (C=O) groups excluding carboxylic acids is 2. The second kappa shape index (κ2) is 8.90. The number of esters is 1. The van der Waals surface area contributed by atoms with E-state index in [4.69, 9.17) is 16.3 Å². The summed E-state index contributed by atoms with van der Waals surface area (Å²) in [5.74, 6) is -0.715. The van der Waals surface area contributed by atoms with Crippen molar-refractivity contribution in [3.05, 3.63) is 56.9 Å². The Labute approximate surface area is 173 Å². The van der Waals surface area contributed by atoms with Crippen LogP contribution in [-0.2, 0) is 22.5 Å². The lowest BCUT2D eigenvalue weighted by Crippen LogP contribution is -3.14. The molecule has 5 nitrogen and oxygen atoms in total. The van der Waals surface area contributed by atoms with Crippen molar-refractivity contribution in [2.24, 2.45) is 0 Å². The molecular formula is C21H24ClN2O3S+. The third kappa shape index (κ3) is 4.46. The van der Waals surface area contributed by atoms with Crippen molar-refractivity contribution in [1.29, 1.82) is 0 Å². The van der Waals surface area contributed by atoms with Gasteiger partial charge in [0.2, 0.25) is 5.91 Å². The smallest absolute Gasteiger partial charge is 0.341 e. The zero-order chi connectivity index (χ0) is 20.3. The van der Waals surface area contributed by atoms with E-state index >= 15 is 0 Å². The monoisotopic (exact) mass is 419 g/mol. The molecule has 2 heterocycles. The fraction of sp³-hybridized carbons (Fsp3) is 0.333. The first-order valence-electron chi connectivity index (χ1n) is 9.21. The van der Waals surface area contributed by atoms with Gasteiger partial charge in [-0.15, -0.1) is 11.3 Å². The summed E-state index contributed by atoms with van der Waals surface area (Å²) in [5.41, 5.74) is 2.26. The molecule has 7 heteroatoms. The second-order valence-corrected chi connectivity index (χ2v) is 8.55. The van der Waals surface area contributed by atoms with Crippen LogP contribution in [0.15, 0.2) is 30.3 Å². The van der Waals surface area contributed by atoms with Crippen LogP contribution in [0.1, 0.15) is 40.2 Å². The summed E-state index contributed by atoms with van der Waals surface area (Å²) in [4.78, 5) is 27.4. The molecule has 1 aromatic heterocycles. The minimum absolute atomic E-state index is 0.309. The van der Waals surface area contributed by atoms with E-state index in [1.54, 1.807) is 12.1 Å². The highest BCUT2D eigenvalue weighted by Gasteiger charge is 2.31. The van der Waals surface area contributed by atoms with Gasteiger partial charge in [0, 0.05) is 17.5 Å². The van der Waals surface area contributed by atoms with Gasteiger partial charge in [0.05, 0.1) is 30.1 Å². The van der Waals surface area contributed by atoms with Crippen molar-refractivity contribution < 1.29 is 19.2 Å². The second-order valence-electron chi connectivity index (χ2n) is 7.03. The highest BCUT2D eigenvalue weighted by atomic mass is 35.5. The van der Waals surface area contributed by atoms with E-state index in [9.17, 15) is 9.59 Å². The number of amides is 1. The van der Waals surface area contributed by atoms with Crippen molar-refractivity contribution in [3.63, 3.8) is 0 Å². The SMILES string of the molecule is COC(=O)c1c(NC(=O)C=Cc2ccccc2Cl)sc2c1CC[NH+](C(C)C)C2. The summed E-state index contributed by atoms with van der Waals surface area (Å²) in [5, 5.41) is 3.98. The van der Waals surface area contributed by atoms with E-state index in [0.29, 0.717) is 21.6 Å². The largest absolute Gasteiger partial charge is 0.465 e. The van der Waals surface area contributed by atoms with Crippen molar-refractivity contribution >= 4 is 45.9 Å². The lowest BCUT2D eigenvalue weighted by molar-refractivity contribution is -0.936. The maximum atomic E-state index is 12.5. The van der Waals surface area contributed by atoms with Gasteiger partial charge in [-0.25, -0.2) is 4.79 Å². The van der Waals surface area contributed by atoms with Gasteiger partial charge in [-0.3, -0.25) is 4.79 Å². The van der Waals surface area contributed by atoms with E-state index in [0.717, 1.165) is 35.5 Å². The normalized spacial score (nSPS) is 16.2. The molecular weight excluding hydrogens is 396 g/mol. The number of rotatable bonds is 5. The summed E-state index contributed by atoms with van der Waals surface area (Å²) >= 11 is 7.58. The molecule has 1 aliphatic heterocycles. The lowest BCUT2D eigenvalue weighted by Gasteiger charge is -2.27. The van der Waals surface area contributed by atoms with Crippen LogP contribution in [0, 0.1) is 0 Å². The number of quaternary nitrogens is 1. The predicted molar refractivity (Wildman–Crippen MR) is 113 cm³/mol. The molecule has 1 atom stereocenters. The zero-order valence-electron chi connectivity index (χ0n) is 16.2. The minimum Gasteiger partial charge on any atom is -0.465 e. The molecule has 0 saturated heterocycles. The minimum atomic E-state index is -0.407. The molecule has 0 bridgehead atoms. The number of hydrogen-bond acceptors (Lipinski definition) is 4. The van der Waals surface area contributed by atoms with Gasteiger partial charge >= 0.3 is 5.97 Å². The fourth-order valence-electron chi connectivity index (χ4n) is 3.33. The van der Waals surface area contributed by atoms with E-state index < -0.39 is 5.97 Å². The number of nitrogens with one attached hydrogen (secondary N) is 2. The molecule has 2 aromatic rings. The quantitative estimate of drug-likeness (QED) is 0.578. The molecule has 148 valence electrons. The molecule has 0 radical (unpaired) electrons. The lowest BCUT2D eigenvalue weighted by atomic mass is 10.0. The van der Waals surface area contributed by atoms with Crippen molar-refractivity contribution in [2.75, 3.05) is 19.0 Å². The number of thiophene rings is 1. The van der Waals surface area contributed by atoms with Crippen LogP contribution in [0.3, 0.4) is 0 Å². The molecule has 2 N–H and O–H groups in total. The Bertz CT molecular complexity index is 920. The van der Waals surface area contributed by atoms with Crippen molar-refractivity contribution in [3.8, 4) is 0 Å². The molecule has 1 aliphatic rings. The van der Waals surface area contributed by atoms with Gasteiger partial charge in [-0.1, -0.05) is 29.8 Å². The molecule has 0 spiro atoms. The van der Waals surface area contributed by atoms with E-state index in [2.05, 4.69) is 19.2 Å². The van der Waals surface area contributed by atoms with E-state index in [1.165, 1.54) is 29.4 Å². The van der Waals surface area contributed by atoms with Crippen LogP contribution in [-0.4, -0.2) is 31.6 Å². The predicted octanol–water partition coefficient (Wildman–Crippen LogP) is 3.19. The van der Waals surface area contributed by atoms with Crippen LogP contribution in [0.4, 0.5) is 5.00 Å². The first-order chi connectivity index (χ1) is 13.4. The van der Waals surface area contributed by atoms with Crippen molar-refractivity contribution in [2.45, 2.75) is 32.9 Å². The summed E-state index contributed by atoms with van der Waals surface area (Å²) in [6.07, 6.45) is 3.88. The highest BCUT2D eigenvalue weighted by molar-refractivity contribution is 7.17. The van der Waals surface area contributed by atoms with Gasteiger partial charge < -0.3 is 15.0 Å². The van der Waals surface area contributed by atoms with Gasteiger partial charge in [-0.05, 0) is 37.1 Å². The van der Waals surface area contributed by atoms with Crippen LogP contribution < -0.4 is 10.2 Å². The number of methoxy groups -OCH3 is 1. The maximum absolute atomic E-state index is 12.5. The Morgan fingerprint density at radius 2 is 2.07 bits per heavy atom. The van der Waals surface area contributed by atoms with Gasteiger partial charge in [0.25, 0.3) is 0 Å². The first kappa shape index (κ1) is 20.6. The Hall–Kier alpha value is -2.15. The van der Waals surface area contributed by atoms with Gasteiger partial charge in [0.15, 0.2) is 0 Å². The number of hydrogen-bond donors (Lipinski definition) is 2. The summed E-state index contributed by atoms with van der Waals surface area (Å²) < 4.78 is 4.98. The van der Waals surface area contributed by atoms with E-state index in [-0.39, 0.29) is 5.91 Å². The number of benzene rings is 1. The number of carbonyl (C=O) groups is 2. The number of fused-ring (bicyclic) bond motifs is 1. The Morgan fingerprint density at radius 1 is 1.32 bits per heavy atom. The Morgan fingerprint density at radius 3 is 2.75 bits per heavy atom. The third-order valence-corrected chi connectivity index (χ3v) is 6.43. The molecule has 1 amide bonds. The van der Waals surface area contributed by atoms with E-state index in [1.807, 2.05) is 18.2 Å². The van der Waals surface area contributed by atoms with Crippen LogP contribution in [0.25, 0.3) is 6.08 Å². The van der Waals surface area contributed by atoms with Gasteiger partial charge in [0.1, 0.15) is 11.5 Å².